The minimum Gasteiger partial charge on any atom is -0.493 e. The van der Waals surface area contributed by atoms with E-state index < -0.39 is 17.8 Å². The van der Waals surface area contributed by atoms with Gasteiger partial charge >= 0.3 is 6.03 Å². The molecular formula is C25H17Cl2IN2O5. The van der Waals surface area contributed by atoms with Crippen LogP contribution in [0.25, 0.3) is 6.08 Å². The van der Waals surface area contributed by atoms with Crippen molar-refractivity contribution in [3.63, 3.8) is 0 Å². The van der Waals surface area contributed by atoms with Crippen molar-refractivity contribution in [3.05, 3.63) is 91.0 Å². The number of methoxy groups -OCH3 is 1. The molecule has 0 bridgehead atoms. The average molecular weight is 623 g/mol. The number of nitrogens with one attached hydrogen (secondary N) is 1. The number of urea groups is 1. The van der Waals surface area contributed by atoms with Crippen molar-refractivity contribution in [2.24, 2.45) is 0 Å². The van der Waals surface area contributed by atoms with Crippen LogP contribution in [0.4, 0.5) is 10.5 Å². The van der Waals surface area contributed by atoms with Crippen LogP contribution in [0.2, 0.25) is 10.0 Å². The van der Waals surface area contributed by atoms with Crippen LogP contribution >= 0.6 is 45.8 Å². The van der Waals surface area contributed by atoms with E-state index in [0.29, 0.717) is 36.4 Å². The second kappa shape index (κ2) is 10.7. The van der Waals surface area contributed by atoms with Gasteiger partial charge in [0.1, 0.15) is 12.2 Å². The van der Waals surface area contributed by atoms with E-state index in [1.54, 1.807) is 60.7 Å². The molecule has 0 atom stereocenters. The zero-order valence-electron chi connectivity index (χ0n) is 18.2. The third-order valence-corrected chi connectivity index (χ3v) is 6.59. The molecule has 7 nitrogen and oxygen atoms in total. The number of carbonyl (C=O) groups is 3. The van der Waals surface area contributed by atoms with Crippen LogP contribution in [0.3, 0.4) is 0 Å². The maximum atomic E-state index is 13.1. The van der Waals surface area contributed by atoms with Gasteiger partial charge in [-0.25, -0.2) is 9.69 Å². The van der Waals surface area contributed by atoms with Gasteiger partial charge in [0.25, 0.3) is 11.8 Å². The van der Waals surface area contributed by atoms with Crippen molar-refractivity contribution in [1.29, 1.82) is 0 Å². The van der Waals surface area contributed by atoms with Crippen molar-refractivity contribution >= 4 is 75.4 Å². The zero-order valence-corrected chi connectivity index (χ0v) is 21.8. The summed E-state index contributed by atoms with van der Waals surface area (Å²) in [7, 11) is 1.49. The Hall–Kier alpha value is -3.08. The van der Waals surface area contributed by atoms with Crippen molar-refractivity contribution in [3.8, 4) is 11.5 Å². The van der Waals surface area contributed by atoms with Gasteiger partial charge in [-0.2, -0.15) is 0 Å². The summed E-state index contributed by atoms with van der Waals surface area (Å²) in [5.74, 6) is -0.606. The standard InChI is InChI=1S/C25H17Cl2IN2O5/c1-34-21-12-15(11-20(28)22(21)35-13-14-7-8-18(26)19(27)10-14)9-17-23(31)29-25(33)30(24(17)32)16-5-3-2-4-6-16/h2-12H,13H2,1H3,(H,29,31,33)/b17-9+. The molecule has 0 spiro atoms. The highest BCUT2D eigenvalue weighted by Gasteiger charge is 2.36. The monoisotopic (exact) mass is 622 g/mol. The lowest BCUT2D eigenvalue weighted by Gasteiger charge is -2.26. The smallest absolute Gasteiger partial charge is 0.335 e. The van der Waals surface area contributed by atoms with Gasteiger partial charge in [0, 0.05) is 0 Å². The number of amides is 4. The average Bonchev–Trinajstić information content (AvgIpc) is 2.83. The molecular weight excluding hydrogens is 606 g/mol. The van der Waals surface area contributed by atoms with Gasteiger partial charge in [0.05, 0.1) is 26.4 Å². The first-order valence-corrected chi connectivity index (χ1v) is 12.0. The number of hydrogen-bond acceptors (Lipinski definition) is 5. The number of nitrogens with zero attached hydrogens (tertiary/aromatic N) is 1. The Labute approximate surface area is 224 Å². The van der Waals surface area contributed by atoms with Crippen molar-refractivity contribution in [2.75, 3.05) is 12.0 Å². The Morgan fingerprint density at radius 1 is 1.00 bits per heavy atom. The number of halogens is 3. The predicted octanol–water partition coefficient (Wildman–Crippen LogP) is 5.85. The van der Waals surface area contributed by atoms with Crippen molar-refractivity contribution in [1.82, 2.24) is 5.32 Å². The van der Waals surface area contributed by atoms with E-state index in [1.165, 1.54) is 13.2 Å². The van der Waals surface area contributed by atoms with E-state index in [2.05, 4.69) is 27.9 Å². The van der Waals surface area contributed by atoms with Gasteiger partial charge in [-0.1, -0.05) is 47.5 Å². The Balaban J connectivity index is 1.63. The number of rotatable bonds is 6. The summed E-state index contributed by atoms with van der Waals surface area (Å²) in [5, 5.41) is 3.09. The molecule has 0 radical (unpaired) electrons. The number of benzene rings is 3. The lowest BCUT2D eigenvalue weighted by molar-refractivity contribution is -0.122. The van der Waals surface area contributed by atoms with E-state index in [4.69, 9.17) is 32.7 Å². The fourth-order valence-corrected chi connectivity index (χ4v) is 4.49. The zero-order chi connectivity index (χ0) is 25.1. The molecule has 3 aromatic carbocycles. The number of carbonyl (C=O) groups excluding carboxylic acids is 3. The predicted molar refractivity (Wildman–Crippen MR) is 142 cm³/mol. The van der Waals surface area contributed by atoms with Crippen LogP contribution in [0, 0.1) is 3.57 Å². The molecule has 4 rings (SSSR count). The van der Waals surface area contributed by atoms with E-state index in [-0.39, 0.29) is 12.2 Å². The molecule has 35 heavy (non-hydrogen) atoms. The molecule has 1 fully saturated rings. The number of para-hydroxylation sites is 1. The number of hydrogen-bond donors (Lipinski definition) is 1. The third-order valence-electron chi connectivity index (χ3n) is 5.05. The molecule has 0 saturated carbocycles. The fourth-order valence-electron chi connectivity index (χ4n) is 3.38. The SMILES string of the molecule is COc1cc(/C=C2\C(=O)NC(=O)N(c3ccccc3)C2=O)cc(I)c1OCc1ccc(Cl)c(Cl)c1. The fraction of sp³-hybridized carbons (Fsp3) is 0.0800. The Kier molecular flexibility index (Phi) is 7.63. The number of ether oxygens (including phenoxy) is 2. The van der Waals surface area contributed by atoms with Gasteiger partial charge in [-0.3, -0.25) is 14.9 Å². The van der Waals surface area contributed by atoms with E-state index in [0.717, 1.165) is 10.5 Å². The Morgan fingerprint density at radius 2 is 1.74 bits per heavy atom. The summed E-state index contributed by atoms with van der Waals surface area (Å²) >= 11 is 14.1. The van der Waals surface area contributed by atoms with Crippen LogP contribution in [-0.2, 0) is 16.2 Å². The van der Waals surface area contributed by atoms with Crippen LogP contribution in [0.15, 0.2) is 66.2 Å². The highest BCUT2D eigenvalue weighted by molar-refractivity contribution is 14.1. The second-order valence-corrected chi connectivity index (χ2v) is 9.34. The first-order chi connectivity index (χ1) is 16.8. The molecule has 0 aliphatic carbocycles. The molecule has 4 amide bonds. The van der Waals surface area contributed by atoms with Gasteiger partial charge in [0.2, 0.25) is 0 Å². The molecule has 1 aliphatic heterocycles. The van der Waals surface area contributed by atoms with Crippen molar-refractivity contribution in [2.45, 2.75) is 6.61 Å². The summed E-state index contributed by atoms with van der Waals surface area (Å²) in [6.07, 6.45) is 1.41. The minimum absolute atomic E-state index is 0.184. The van der Waals surface area contributed by atoms with Gasteiger partial charge in [-0.15, -0.1) is 0 Å². The molecule has 0 aromatic heterocycles. The highest BCUT2D eigenvalue weighted by atomic mass is 127. The normalized spacial score (nSPS) is 14.8. The molecule has 178 valence electrons. The van der Waals surface area contributed by atoms with Gasteiger partial charge < -0.3 is 9.47 Å². The largest absolute Gasteiger partial charge is 0.493 e. The van der Waals surface area contributed by atoms with E-state index >= 15 is 0 Å². The molecule has 1 N–H and O–H groups in total. The van der Waals surface area contributed by atoms with Gasteiger partial charge in [-0.05, 0) is 76.2 Å². The first kappa shape index (κ1) is 25.0. The van der Waals surface area contributed by atoms with Crippen LogP contribution < -0.4 is 19.7 Å². The van der Waals surface area contributed by atoms with Gasteiger partial charge in [0.15, 0.2) is 11.5 Å². The van der Waals surface area contributed by atoms with E-state index in [1.807, 2.05) is 0 Å². The summed E-state index contributed by atoms with van der Waals surface area (Å²) in [6.45, 7) is 0.221. The van der Waals surface area contributed by atoms with Crippen LogP contribution in [0.1, 0.15) is 11.1 Å². The molecule has 1 saturated heterocycles. The Morgan fingerprint density at radius 3 is 2.43 bits per heavy atom. The molecule has 0 unspecified atom stereocenters. The lowest BCUT2D eigenvalue weighted by Crippen LogP contribution is -2.54. The Bertz CT molecular complexity index is 1360. The summed E-state index contributed by atoms with van der Waals surface area (Å²) in [4.78, 5) is 38.8. The third kappa shape index (κ3) is 5.44. The lowest BCUT2D eigenvalue weighted by atomic mass is 10.1. The topological polar surface area (TPSA) is 84.9 Å². The number of imide groups is 2. The number of barbiturate groups is 1. The van der Waals surface area contributed by atoms with Crippen molar-refractivity contribution < 1.29 is 23.9 Å². The molecule has 10 heteroatoms. The second-order valence-electron chi connectivity index (χ2n) is 7.36. The van der Waals surface area contributed by atoms with E-state index in [9.17, 15) is 14.4 Å². The highest BCUT2D eigenvalue weighted by Crippen LogP contribution is 2.36. The molecule has 1 heterocycles. The van der Waals surface area contributed by atoms with Crippen LogP contribution in [-0.4, -0.2) is 25.0 Å². The van der Waals surface area contributed by atoms with Crippen LogP contribution in [0.5, 0.6) is 11.5 Å². The summed E-state index contributed by atoms with van der Waals surface area (Å²) in [5.41, 5.74) is 1.51. The maximum absolute atomic E-state index is 13.1. The quantitative estimate of drug-likeness (QED) is 0.212. The summed E-state index contributed by atoms with van der Waals surface area (Å²) < 4.78 is 12.1. The minimum atomic E-state index is -0.804. The first-order valence-electron chi connectivity index (χ1n) is 10.2. The number of anilines is 1. The maximum Gasteiger partial charge on any atom is 0.335 e. The molecule has 1 aliphatic rings. The summed E-state index contributed by atoms with van der Waals surface area (Å²) in [6, 6.07) is 16.2. The molecule has 3 aromatic rings.